The summed E-state index contributed by atoms with van der Waals surface area (Å²) in [7, 11) is 2.55. The number of hydrogen-bond donors (Lipinski definition) is 2. The van der Waals surface area contributed by atoms with E-state index in [1.165, 1.54) is 32.4 Å². The summed E-state index contributed by atoms with van der Waals surface area (Å²) >= 11 is 19.7. The normalized spacial score (nSPS) is 25.1. The number of carbonyl (C=O) groups excluding carboxylic acids is 4. The van der Waals surface area contributed by atoms with Crippen LogP contribution in [0.5, 0.6) is 11.5 Å². The SMILES string of the molecule is COc1cc(C2C3=CCC4C(=O)N(N(C)c5nc(C(F)(F)F)ccc5Cl)C(=O)C4C3CC3C(=O)N(Nc4ccc(F)cc4)C(=O)C32c2ccc(Cl)cc2)c(Br)c(Br)c1O. The van der Waals surface area contributed by atoms with E-state index in [4.69, 9.17) is 27.9 Å². The van der Waals surface area contributed by atoms with Crippen LogP contribution in [0, 0.1) is 29.5 Å². The Labute approximate surface area is 360 Å². The number of rotatable bonds is 7. The standard InChI is InChI=1S/C40H29Br2Cl2F4N5O6/c1-51(34-26(44)13-14-28(49-34)40(46,47)48)53-35(55)22-12-11-21-23(29(22)37(53)57)15-25-36(56)52(50-20-9-7-19(45)8-10-20)38(58)39(25,17-3-5-18(43)6-4-17)30(21)24-16-27(59-2)33(54)32(42)31(24)41/h3-11,13-14,16,22-23,25,29-30,50,54H,12,15H2,1-2H3. The highest BCUT2D eigenvalue weighted by Crippen LogP contribution is 2.65. The lowest BCUT2D eigenvalue weighted by atomic mass is 9.49. The molecule has 2 aliphatic carbocycles. The number of anilines is 2. The second kappa shape index (κ2) is 14.8. The van der Waals surface area contributed by atoms with Gasteiger partial charge in [0.25, 0.3) is 23.6 Å². The van der Waals surface area contributed by atoms with Gasteiger partial charge in [0.05, 0.1) is 45.5 Å². The van der Waals surface area contributed by atoms with Gasteiger partial charge in [-0.1, -0.05) is 47.0 Å². The summed E-state index contributed by atoms with van der Waals surface area (Å²) < 4.78 is 61.2. The molecule has 3 aromatic carbocycles. The minimum atomic E-state index is -4.86. The molecule has 8 rings (SSSR count). The number of hydrazine groups is 2. The van der Waals surface area contributed by atoms with E-state index in [0.717, 1.165) is 33.2 Å². The number of benzene rings is 3. The highest BCUT2D eigenvalue weighted by atomic mass is 79.9. The highest BCUT2D eigenvalue weighted by molar-refractivity contribution is 9.13. The number of allylic oxidation sites excluding steroid dienone is 2. The molecule has 2 saturated heterocycles. The Morgan fingerprint density at radius 3 is 2.27 bits per heavy atom. The zero-order chi connectivity index (χ0) is 42.5. The van der Waals surface area contributed by atoms with Crippen molar-refractivity contribution in [1.82, 2.24) is 15.0 Å². The van der Waals surface area contributed by atoms with Crippen molar-refractivity contribution in [1.29, 1.82) is 0 Å². The third-order valence-corrected chi connectivity index (χ3v) is 14.4. The van der Waals surface area contributed by atoms with Crippen molar-refractivity contribution in [3.63, 3.8) is 0 Å². The number of fused-ring (bicyclic) bond motifs is 4. The summed E-state index contributed by atoms with van der Waals surface area (Å²) in [6.45, 7) is 0. The van der Waals surface area contributed by atoms with Crippen LogP contribution in [0.3, 0.4) is 0 Å². The summed E-state index contributed by atoms with van der Waals surface area (Å²) in [5.41, 5.74) is 1.30. The number of methoxy groups -OCH3 is 1. The molecule has 1 aromatic heterocycles. The molecule has 4 amide bonds. The van der Waals surface area contributed by atoms with E-state index in [2.05, 4.69) is 42.3 Å². The number of imide groups is 2. The summed E-state index contributed by atoms with van der Waals surface area (Å²) in [4.78, 5) is 63.0. The van der Waals surface area contributed by atoms with Crippen LogP contribution in [0.15, 0.2) is 87.3 Å². The van der Waals surface area contributed by atoms with Crippen LogP contribution in [-0.4, -0.2) is 57.9 Å². The molecule has 11 nitrogen and oxygen atoms in total. The Balaban J connectivity index is 1.32. The number of phenols is 1. The number of aromatic hydroxyl groups is 1. The van der Waals surface area contributed by atoms with Crippen molar-refractivity contribution in [2.75, 3.05) is 24.6 Å². The Morgan fingerprint density at radius 1 is 0.949 bits per heavy atom. The summed E-state index contributed by atoms with van der Waals surface area (Å²) in [6.07, 6.45) is -3.25. The first-order valence-electron chi connectivity index (χ1n) is 17.9. The molecular weight excluding hydrogens is 953 g/mol. The van der Waals surface area contributed by atoms with Crippen LogP contribution in [0.1, 0.15) is 35.6 Å². The van der Waals surface area contributed by atoms with Gasteiger partial charge < -0.3 is 9.84 Å². The van der Waals surface area contributed by atoms with E-state index in [1.807, 2.05) is 0 Å². The monoisotopic (exact) mass is 979 g/mol. The number of halogens is 8. The molecule has 3 fully saturated rings. The average molecular weight is 982 g/mol. The number of amides is 4. The van der Waals surface area contributed by atoms with Gasteiger partial charge in [0.15, 0.2) is 17.3 Å². The quantitative estimate of drug-likeness (QED) is 0.106. The van der Waals surface area contributed by atoms with E-state index in [1.54, 1.807) is 30.3 Å². The van der Waals surface area contributed by atoms with Crippen LogP contribution in [0.4, 0.5) is 29.1 Å². The van der Waals surface area contributed by atoms with Crippen molar-refractivity contribution >= 4 is 90.2 Å². The lowest BCUT2D eigenvalue weighted by Gasteiger charge is -2.51. The first kappa shape index (κ1) is 41.0. The number of nitrogens with one attached hydrogen (secondary N) is 1. The van der Waals surface area contributed by atoms with Gasteiger partial charge in [-0.15, -0.1) is 0 Å². The lowest BCUT2D eigenvalue weighted by Crippen LogP contribution is -2.53. The Bertz CT molecular complexity index is 2490. The number of ether oxygens (including phenoxy) is 1. The maximum Gasteiger partial charge on any atom is 0.433 e. The molecule has 1 saturated carbocycles. The molecule has 3 heterocycles. The Hall–Kier alpha value is -4.71. The zero-order valence-electron chi connectivity index (χ0n) is 30.5. The van der Waals surface area contributed by atoms with Crippen molar-refractivity contribution in [3.8, 4) is 11.5 Å². The van der Waals surface area contributed by atoms with E-state index in [-0.39, 0.29) is 39.5 Å². The summed E-state index contributed by atoms with van der Waals surface area (Å²) in [5.74, 6) is -9.55. The largest absolute Gasteiger partial charge is 0.503 e. The van der Waals surface area contributed by atoms with Gasteiger partial charge in [-0.25, -0.2) is 9.37 Å². The van der Waals surface area contributed by atoms with Crippen LogP contribution >= 0.6 is 55.1 Å². The van der Waals surface area contributed by atoms with E-state index in [9.17, 15) is 37.1 Å². The Morgan fingerprint density at radius 2 is 1.63 bits per heavy atom. The molecule has 0 radical (unpaired) electrons. The molecule has 0 spiro atoms. The van der Waals surface area contributed by atoms with Crippen molar-refractivity contribution in [2.45, 2.75) is 30.4 Å². The third-order valence-electron chi connectivity index (χ3n) is 11.7. The molecule has 2 aliphatic heterocycles. The lowest BCUT2D eigenvalue weighted by molar-refractivity contribution is -0.142. The van der Waals surface area contributed by atoms with Gasteiger partial charge >= 0.3 is 6.18 Å². The zero-order valence-corrected chi connectivity index (χ0v) is 35.2. The van der Waals surface area contributed by atoms with E-state index >= 15 is 4.79 Å². The van der Waals surface area contributed by atoms with Crippen LogP contribution in [0.25, 0.3) is 0 Å². The number of hydrogen-bond acceptors (Lipinski definition) is 9. The second-order valence-electron chi connectivity index (χ2n) is 14.5. The molecular formula is C40H29Br2Cl2F4N5O6. The van der Waals surface area contributed by atoms with Crippen LogP contribution in [-0.2, 0) is 30.8 Å². The van der Waals surface area contributed by atoms with Gasteiger partial charge in [-0.2, -0.15) is 23.2 Å². The highest BCUT2D eigenvalue weighted by Gasteiger charge is 2.71. The number of phenolic OH excluding ortho intramolecular Hbond substituents is 1. The fourth-order valence-electron chi connectivity index (χ4n) is 9.17. The smallest absolute Gasteiger partial charge is 0.433 e. The van der Waals surface area contributed by atoms with Gasteiger partial charge in [0.1, 0.15) is 11.5 Å². The first-order valence-corrected chi connectivity index (χ1v) is 20.2. The molecule has 59 heavy (non-hydrogen) atoms. The Kier molecular flexibility index (Phi) is 10.3. The van der Waals surface area contributed by atoms with E-state index in [0.29, 0.717) is 32.3 Å². The van der Waals surface area contributed by atoms with Crippen molar-refractivity contribution < 1.29 is 46.6 Å². The van der Waals surface area contributed by atoms with E-state index < -0.39 is 82.1 Å². The van der Waals surface area contributed by atoms with Crippen LogP contribution in [0.2, 0.25) is 10.0 Å². The third kappa shape index (κ3) is 6.29. The molecule has 2 N–H and O–H groups in total. The molecule has 4 aromatic rings. The average Bonchev–Trinajstić information content (AvgIpc) is 3.58. The first-order chi connectivity index (χ1) is 27.9. The maximum atomic E-state index is 15.4. The molecule has 0 bridgehead atoms. The number of alkyl halides is 3. The minimum absolute atomic E-state index is 0.0118. The van der Waals surface area contributed by atoms with Crippen LogP contribution < -0.4 is 15.2 Å². The van der Waals surface area contributed by atoms with Gasteiger partial charge in [-0.3, -0.25) is 29.6 Å². The van der Waals surface area contributed by atoms with Gasteiger partial charge in [0, 0.05) is 22.5 Å². The molecule has 19 heteroatoms. The number of aromatic nitrogens is 1. The fraction of sp³-hybridized carbons (Fsp3) is 0.275. The molecule has 306 valence electrons. The second-order valence-corrected chi connectivity index (χ2v) is 17.0. The van der Waals surface area contributed by atoms with Crippen molar-refractivity contribution in [2.24, 2.45) is 23.7 Å². The molecule has 6 atom stereocenters. The molecule has 6 unspecified atom stereocenters. The predicted octanol–water partition coefficient (Wildman–Crippen LogP) is 8.82. The van der Waals surface area contributed by atoms with Gasteiger partial charge in [0.2, 0.25) is 0 Å². The minimum Gasteiger partial charge on any atom is -0.503 e. The fourth-order valence-corrected chi connectivity index (χ4v) is 10.5. The maximum absolute atomic E-state index is 15.4. The summed E-state index contributed by atoms with van der Waals surface area (Å²) in [6, 6.07) is 14.6. The number of nitrogens with zero attached hydrogens (tertiary/aromatic N) is 4. The topological polar surface area (TPSA) is 132 Å². The summed E-state index contributed by atoms with van der Waals surface area (Å²) in [5, 5.41) is 13.6. The van der Waals surface area contributed by atoms with Gasteiger partial charge in [-0.05, 0) is 116 Å². The van der Waals surface area contributed by atoms with Crippen molar-refractivity contribution in [3.05, 3.63) is 120 Å². The molecule has 4 aliphatic rings. The number of pyridine rings is 1. The number of carbonyl (C=O) groups is 4. The predicted molar refractivity (Wildman–Crippen MR) is 214 cm³/mol.